The van der Waals surface area contributed by atoms with Crippen LogP contribution in [0.4, 0.5) is 16.2 Å². The van der Waals surface area contributed by atoms with Gasteiger partial charge in [-0.05, 0) is 39.0 Å². The van der Waals surface area contributed by atoms with Crippen molar-refractivity contribution in [2.24, 2.45) is 0 Å². The van der Waals surface area contributed by atoms with Gasteiger partial charge < -0.3 is 10.1 Å². The van der Waals surface area contributed by atoms with Crippen LogP contribution in [0.25, 0.3) is 0 Å². The Morgan fingerprint density at radius 3 is 2.70 bits per heavy atom. The Morgan fingerprint density at radius 2 is 2.09 bits per heavy atom. The van der Waals surface area contributed by atoms with E-state index < -0.39 is 11.7 Å². The zero-order valence-electron chi connectivity index (χ0n) is 12.9. The smallest absolute Gasteiger partial charge is 0.412 e. The molecule has 0 aliphatic rings. The Bertz CT molecular complexity index is 698. The fourth-order valence-corrected chi connectivity index (χ4v) is 2.81. The molecule has 0 radical (unpaired) electrons. The van der Waals surface area contributed by atoms with Crippen LogP contribution >= 0.6 is 34.5 Å². The molecule has 2 aromatic rings. The van der Waals surface area contributed by atoms with Crippen molar-refractivity contribution in [1.29, 1.82) is 0 Å². The molecule has 5 nitrogen and oxygen atoms in total. The van der Waals surface area contributed by atoms with Crippen molar-refractivity contribution in [2.45, 2.75) is 32.9 Å². The average molecular weight is 374 g/mol. The van der Waals surface area contributed by atoms with Crippen LogP contribution in [0.5, 0.6) is 0 Å². The first-order valence-corrected chi connectivity index (χ1v) is 8.44. The summed E-state index contributed by atoms with van der Waals surface area (Å²) in [6.45, 7) is 5.96. The van der Waals surface area contributed by atoms with Crippen molar-refractivity contribution in [3.63, 3.8) is 0 Å². The number of rotatable bonds is 4. The Hall–Kier alpha value is -1.50. The second-order valence-electron chi connectivity index (χ2n) is 5.75. The zero-order chi connectivity index (χ0) is 17.0. The molecule has 23 heavy (non-hydrogen) atoms. The highest BCUT2D eigenvalue weighted by atomic mass is 35.5. The Balaban J connectivity index is 2.02. The number of aromatic nitrogens is 1. The van der Waals surface area contributed by atoms with Crippen molar-refractivity contribution in [1.82, 2.24) is 4.98 Å². The van der Waals surface area contributed by atoms with Gasteiger partial charge in [-0.3, -0.25) is 5.32 Å². The minimum absolute atomic E-state index is 0.494. The van der Waals surface area contributed by atoms with E-state index in [0.29, 0.717) is 27.4 Å². The third-order valence-electron chi connectivity index (χ3n) is 2.59. The fraction of sp³-hybridized carbons (Fsp3) is 0.333. The minimum Gasteiger partial charge on any atom is -0.444 e. The third-order valence-corrected chi connectivity index (χ3v) is 4.03. The molecule has 0 unspecified atom stereocenters. The molecule has 0 fully saturated rings. The van der Waals surface area contributed by atoms with E-state index in [4.69, 9.17) is 27.9 Å². The van der Waals surface area contributed by atoms with E-state index in [2.05, 4.69) is 15.6 Å². The monoisotopic (exact) mass is 373 g/mol. The number of hydrogen-bond donors (Lipinski definition) is 2. The standard InChI is InChI=1S/C15H17Cl2N3O2S/c1-15(2,3)22-14(21)20-9-4-5-11(16)12(6-9)18-7-10-8-19-13(17)23-10/h4-6,8,18H,7H2,1-3H3,(H,20,21). The first-order valence-electron chi connectivity index (χ1n) is 6.86. The maximum absolute atomic E-state index is 11.8. The summed E-state index contributed by atoms with van der Waals surface area (Å²) < 4.78 is 5.71. The van der Waals surface area contributed by atoms with Crippen LogP contribution in [0, 0.1) is 0 Å². The van der Waals surface area contributed by atoms with Crippen LogP contribution in [-0.2, 0) is 11.3 Å². The largest absolute Gasteiger partial charge is 0.444 e. The molecule has 1 heterocycles. The molecule has 1 aromatic carbocycles. The third kappa shape index (κ3) is 5.89. The molecule has 8 heteroatoms. The molecular formula is C15H17Cl2N3O2S. The topological polar surface area (TPSA) is 63.2 Å². The molecule has 0 saturated heterocycles. The number of benzene rings is 1. The first-order chi connectivity index (χ1) is 10.7. The molecule has 0 saturated carbocycles. The Kier molecular flexibility index (Phi) is 5.73. The number of amides is 1. The summed E-state index contributed by atoms with van der Waals surface area (Å²) >= 11 is 13.4. The van der Waals surface area contributed by atoms with E-state index in [1.54, 1.807) is 24.4 Å². The van der Waals surface area contributed by atoms with Gasteiger partial charge in [-0.15, -0.1) is 11.3 Å². The lowest BCUT2D eigenvalue weighted by Crippen LogP contribution is -2.27. The lowest BCUT2D eigenvalue weighted by Gasteiger charge is -2.20. The lowest BCUT2D eigenvalue weighted by molar-refractivity contribution is 0.0636. The van der Waals surface area contributed by atoms with Crippen molar-refractivity contribution in [2.75, 3.05) is 10.6 Å². The number of carbonyl (C=O) groups excluding carboxylic acids is 1. The lowest BCUT2D eigenvalue weighted by atomic mass is 10.2. The maximum Gasteiger partial charge on any atom is 0.412 e. The first kappa shape index (κ1) is 17.8. The van der Waals surface area contributed by atoms with Gasteiger partial charge in [-0.25, -0.2) is 9.78 Å². The number of carbonyl (C=O) groups is 1. The van der Waals surface area contributed by atoms with Gasteiger partial charge in [0.2, 0.25) is 0 Å². The van der Waals surface area contributed by atoms with Crippen LogP contribution < -0.4 is 10.6 Å². The van der Waals surface area contributed by atoms with E-state index in [1.165, 1.54) is 11.3 Å². The number of halogens is 2. The number of anilines is 2. The molecule has 2 rings (SSSR count). The summed E-state index contributed by atoms with van der Waals surface area (Å²) in [6.07, 6.45) is 1.19. The summed E-state index contributed by atoms with van der Waals surface area (Å²) in [6, 6.07) is 5.16. The molecule has 2 N–H and O–H groups in total. The summed E-state index contributed by atoms with van der Waals surface area (Å²) in [7, 11) is 0. The number of nitrogens with one attached hydrogen (secondary N) is 2. The SMILES string of the molecule is CC(C)(C)OC(=O)Nc1ccc(Cl)c(NCc2cnc(Cl)s2)c1. The minimum atomic E-state index is -0.553. The van der Waals surface area contributed by atoms with Gasteiger partial charge in [-0.2, -0.15) is 0 Å². The number of hydrogen-bond acceptors (Lipinski definition) is 5. The maximum atomic E-state index is 11.8. The molecule has 0 spiro atoms. The van der Waals surface area contributed by atoms with E-state index >= 15 is 0 Å². The molecule has 1 aromatic heterocycles. The Labute approximate surface area is 149 Å². The molecule has 124 valence electrons. The summed E-state index contributed by atoms with van der Waals surface area (Å²) in [4.78, 5) is 16.8. The molecule has 0 aliphatic carbocycles. The number of thiazole rings is 1. The van der Waals surface area contributed by atoms with Crippen molar-refractivity contribution in [3.05, 3.63) is 38.8 Å². The van der Waals surface area contributed by atoms with Crippen molar-refractivity contribution < 1.29 is 9.53 Å². The van der Waals surface area contributed by atoms with Gasteiger partial charge in [0.25, 0.3) is 0 Å². The second-order valence-corrected chi connectivity index (χ2v) is 7.86. The highest BCUT2D eigenvalue weighted by molar-refractivity contribution is 7.15. The average Bonchev–Trinajstić information content (AvgIpc) is 2.83. The van der Waals surface area contributed by atoms with Crippen molar-refractivity contribution >= 4 is 52.0 Å². The van der Waals surface area contributed by atoms with E-state index in [0.717, 1.165) is 4.88 Å². The van der Waals surface area contributed by atoms with Crippen LogP contribution in [0.15, 0.2) is 24.4 Å². The predicted molar refractivity (Wildman–Crippen MR) is 95.8 cm³/mol. The Morgan fingerprint density at radius 1 is 1.35 bits per heavy atom. The summed E-state index contributed by atoms with van der Waals surface area (Å²) in [5.41, 5.74) is 0.737. The highest BCUT2D eigenvalue weighted by Gasteiger charge is 2.16. The van der Waals surface area contributed by atoms with Gasteiger partial charge >= 0.3 is 6.09 Å². The van der Waals surface area contributed by atoms with Crippen LogP contribution in [-0.4, -0.2) is 16.7 Å². The summed E-state index contributed by atoms with van der Waals surface area (Å²) in [5.74, 6) is 0. The van der Waals surface area contributed by atoms with Gasteiger partial charge in [0.1, 0.15) is 5.60 Å². The van der Waals surface area contributed by atoms with Crippen LogP contribution in [0.2, 0.25) is 9.49 Å². The number of ether oxygens (including phenoxy) is 1. The van der Waals surface area contributed by atoms with Crippen LogP contribution in [0.3, 0.4) is 0 Å². The van der Waals surface area contributed by atoms with Gasteiger partial charge in [-0.1, -0.05) is 23.2 Å². The fourth-order valence-electron chi connectivity index (χ4n) is 1.71. The second kappa shape index (κ2) is 7.38. The van der Waals surface area contributed by atoms with E-state index in [1.807, 2.05) is 20.8 Å². The quantitative estimate of drug-likeness (QED) is 0.751. The van der Waals surface area contributed by atoms with Crippen molar-refractivity contribution in [3.8, 4) is 0 Å². The highest BCUT2D eigenvalue weighted by Crippen LogP contribution is 2.27. The predicted octanol–water partition coefficient (Wildman–Crippen LogP) is 5.41. The zero-order valence-corrected chi connectivity index (χ0v) is 15.3. The van der Waals surface area contributed by atoms with Gasteiger partial charge in [0.15, 0.2) is 4.47 Å². The molecule has 0 aliphatic heterocycles. The van der Waals surface area contributed by atoms with E-state index in [9.17, 15) is 4.79 Å². The molecule has 1 amide bonds. The van der Waals surface area contributed by atoms with E-state index in [-0.39, 0.29) is 0 Å². The number of nitrogens with zero attached hydrogens (tertiary/aromatic N) is 1. The normalized spacial score (nSPS) is 11.2. The molecule has 0 bridgehead atoms. The van der Waals surface area contributed by atoms with Crippen LogP contribution in [0.1, 0.15) is 25.6 Å². The molecule has 0 atom stereocenters. The van der Waals surface area contributed by atoms with Gasteiger partial charge in [0, 0.05) is 16.8 Å². The summed E-state index contributed by atoms with van der Waals surface area (Å²) in [5, 5.41) is 6.42. The van der Waals surface area contributed by atoms with Gasteiger partial charge in [0.05, 0.1) is 17.3 Å². The molecular weight excluding hydrogens is 357 g/mol.